The predicted octanol–water partition coefficient (Wildman–Crippen LogP) is 7.80. The number of fused-ring (bicyclic) bond motifs is 5. The first-order valence-electron chi connectivity index (χ1n) is 17.4. The Kier molecular flexibility index (Phi) is 10.2. The zero-order valence-electron chi connectivity index (χ0n) is 27.6. The van der Waals surface area contributed by atoms with Crippen LogP contribution in [0.5, 0.6) is 0 Å². The minimum absolute atomic E-state index is 0.0340. The number of nitrogens with one attached hydrogen (secondary N) is 2. The van der Waals surface area contributed by atoms with Gasteiger partial charge in [-0.15, -0.1) is 0 Å². The molecule has 4 rings (SSSR count). The fraction of sp³-hybridized carbons (Fsp3) is 0.944. The van der Waals surface area contributed by atoms with Gasteiger partial charge in [-0.1, -0.05) is 40.7 Å². The molecule has 4 saturated carbocycles. The van der Waals surface area contributed by atoms with E-state index < -0.39 is 0 Å². The molecule has 0 bridgehead atoms. The lowest BCUT2D eigenvalue weighted by Gasteiger charge is -2.62. The fourth-order valence-corrected chi connectivity index (χ4v) is 10.6. The van der Waals surface area contributed by atoms with Crippen LogP contribution < -0.4 is 16.4 Å². The van der Waals surface area contributed by atoms with Gasteiger partial charge in [0.15, 0.2) is 0 Å². The quantitative estimate of drug-likeness (QED) is 0.186. The predicted molar refractivity (Wildman–Crippen MR) is 171 cm³/mol. The van der Waals surface area contributed by atoms with E-state index >= 15 is 0 Å². The molecule has 0 amide bonds. The highest BCUT2D eigenvalue weighted by Crippen LogP contribution is 2.68. The Morgan fingerprint density at radius 1 is 1.00 bits per heavy atom. The molecule has 0 heterocycles. The molecule has 4 nitrogen and oxygen atoms in total. The second kappa shape index (κ2) is 12.6. The summed E-state index contributed by atoms with van der Waals surface area (Å²) in [6.07, 6.45) is 17.4. The monoisotopic (exact) mass is 558 g/mol. The summed E-state index contributed by atoms with van der Waals surface area (Å²) in [6.45, 7) is 23.0. The van der Waals surface area contributed by atoms with Gasteiger partial charge in [-0.2, -0.15) is 0 Å². The summed E-state index contributed by atoms with van der Waals surface area (Å²) in [5.41, 5.74) is 8.10. The largest absolute Gasteiger partial charge is 0.393 e. The van der Waals surface area contributed by atoms with Crippen LogP contribution in [0.4, 0.5) is 0 Å². The van der Waals surface area contributed by atoms with Gasteiger partial charge >= 0.3 is 0 Å². The molecule has 4 aliphatic rings. The summed E-state index contributed by atoms with van der Waals surface area (Å²) in [5, 5.41) is 19.1. The second-order valence-electron chi connectivity index (χ2n) is 16.6. The zero-order chi connectivity index (χ0) is 29.3. The molecule has 0 spiro atoms. The summed E-state index contributed by atoms with van der Waals surface area (Å²) in [5.74, 6) is 4.41. The van der Waals surface area contributed by atoms with Gasteiger partial charge in [0.1, 0.15) is 0 Å². The number of nitrogens with two attached hydrogens (primary N) is 1. The first-order valence-corrected chi connectivity index (χ1v) is 17.4. The van der Waals surface area contributed by atoms with E-state index in [1.165, 1.54) is 63.5 Å². The lowest BCUT2D eigenvalue weighted by molar-refractivity contribution is -0.167. The standard InChI is InChI=1S/C36H67N3O/c1-9-34(6,19-21-37)38-22-20-33(4,5)39-26(3)11-10-12-27-13-14-29-32-30(16-18-35(27,29)7)36(8)17-15-25(2)23-28(36)24-31(32)40/h25,27-32,38-40H,3,9-24,37H2,1-2,4-8H3/t25-,27?,28?,29?,30?,31-,32?,34?,35?,36?/m1/s1. The Hall–Kier alpha value is -0.580. The number of hydrogen-bond donors (Lipinski definition) is 4. The third-order valence-electron chi connectivity index (χ3n) is 13.5. The van der Waals surface area contributed by atoms with Crippen molar-refractivity contribution in [1.82, 2.24) is 10.6 Å². The first-order chi connectivity index (χ1) is 18.8. The van der Waals surface area contributed by atoms with Crippen molar-refractivity contribution in [3.05, 3.63) is 12.3 Å². The Morgan fingerprint density at radius 3 is 2.40 bits per heavy atom. The third-order valence-corrected chi connectivity index (χ3v) is 13.5. The second-order valence-corrected chi connectivity index (χ2v) is 16.6. The van der Waals surface area contributed by atoms with Crippen LogP contribution in [0.15, 0.2) is 12.3 Å². The van der Waals surface area contributed by atoms with E-state index in [-0.39, 0.29) is 17.2 Å². The van der Waals surface area contributed by atoms with Crippen LogP contribution in [0.3, 0.4) is 0 Å². The van der Waals surface area contributed by atoms with Gasteiger partial charge in [-0.3, -0.25) is 0 Å². The smallest absolute Gasteiger partial charge is 0.0577 e. The van der Waals surface area contributed by atoms with Gasteiger partial charge in [0.05, 0.1) is 6.10 Å². The van der Waals surface area contributed by atoms with E-state index in [4.69, 9.17) is 5.73 Å². The number of aliphatic hydroxyl groups is 1. The molecule has 0 aromatic carbocycles. The topological polar surface area (TPSA) is 70.3 Å². The van der Waals surface area contributed by atoms with Gasteiger partial charge in [0.2, 0.25) is 0 Å². The molecule has 8 unspecified atom stereocenters. The maximum absolute atomic E-state index is 11.6. The maximum atomic E-state index is 11.6. The Labute approximate surface area is 248 Å². The van der Waals surface area contributed by atoms with E-state index in [1.807, 2.05) is 0 Å². The van der Waals surface area contributed by atoms with Crippen LogP contribution >= 0.6 is 0 Å². The molecule has 232 valence electrons. The van der Waals surface area contributed by atoms with Crippen LogP contribution in [0, 0.1) is 46.3 Å². The van der Waals surface area contributed by atoms with Crippen molar-refractivity contribution < 1.29 is 5.11 Å². The van der Waals surface area contributed by atoms with E-state index in [0.29, 0.717) is 16.7 Å². The summed E-state index contributed by atoms with van der Waals surface area (Å²) < 4.78 is 0. The molecule has 4 fully saturated rings. The Bertz CT molecular complexity index is 857. The Balaban J connectivity index is 1.26. The summed E-state index contributed by atoms with van der Waals surface area (Å²) in [4.78, 5) is 0. The molecule has 5 N–H and O–H groups in total. The highest BCUT2D eigenvalue weighted by atomic mass is 16.3. The molecule has 10 atom stereocenters. The molecule has 0 aliphatic heterocycles. The minimum atomic E-state index is -0.0667. The number of allylic oxidation sites excluding steroid dienone is 1. The highest BCUT2D eigenvalue weighted by molar-refractivity contribution is 5.11. The van der Waals surface area contributed by atoms with Crippen LogP contribution in [0.25, 0.3) is 0 Å². The SMILES string of the molecule is C=C(CCCC1CCC2C3C(CCC12C)C1(C)CC[C@@H](C)CC1C[C@H]3O)NC(C)(C)CCNC(C)(CC)CCN. The van der Waals surface area contributed by atoms with Gasteiger partial charge < -0.3 is 21.5 Å². The van der Waals surface area contributed by atoms with Crippen LogP contribution in [-0.2, 0) is 0 Å². The number of hydrogen-bond acceptors (Lipinski definition) is 4. The normalized spacial score (nSPS) is 41.0. The zero-order valence-corrected chi connectivity index (χ0v) is 27.6. The maximum Gasteiger partial charge on any atom is 0.0577 e. The van der Waals surface area contributed by atoms with Crippen molar-refractivity contribution >= 4 is 0 Å². The first kappa shape index (κ1) is 32.3. The van der Waals surface area contributed by atoms with E-state index in [1.54, 1.807) is 0 Å². The van der Waals surface area contributed by atoms with Crippen molar-refractivity contribution in [2.24, 2.45) is 52.1 Å². The molecule has 0 radical (unpaired) electrons. The molecule has 40 heavy (non-hydrogen) atoms. The molecule has 0 aromatic rings. The van der Waals surface area contributed by atoms with Gasteiger partial charge in [0.25, 0.3) is 0 Å². The van der Waals surface area contributed by atoms with Gasteiger partial charge in [0, 0.05) is 16.8 Å². The van der Waals surface area contributed by atoms with Crippen LogP contribution in [0.1, 0.15) is 138 Å². The average molecular weight is 558 g/mol. The number of aliphatic hydroxyl groups excluding tert-OH is 1. The lowest BCUT2D eigenvalue weighted by atomic mass is 9.43. The molecular weight excluding hydrogens is 490 g/mol. The van der Waals surface area contributed by atoms with Crippen molar-refractivity contribution in [1.29, 1.82) is 0 Å². The average Bonchev–Trinajstić information content (AvgIpc) is 3.21. The van der Waals surface area contributed by atoms with E-state index in [0.717, 1.165) is 74.8 Å². The molecule has 0 saturated heterocycles. The van der Waals surface area contributed by atoms with Gasteiger partial charge in [-0.25, -0.2) is 0 Å². The van der Waals surface area contributed by atoms with Crippen LogP contribution in [-0.4, -0.2) is 35.4 Å². The highest BCUT2D eigenvalue weighted by Gasteiger charge is 2.62. The fourth-order valence-electron chi connectivity index (χ4n) is 10.6. The van der Waals surface area contributed by atoms with Crippen molar-refractivity contribution in [2.45, 2.75) is 156 Å². The van der Waals surface area contributed by atoms with Gasteiger partial charge in [-0.05, 0) is 164 Å². The van der Waals surface area contributed by atoms with E-state index in [9.17, 15) is 5.11 Å². The summed E-state index contributed by atoms with van der Waals surface area (Å²) >= 11 is 0. The number of rotatable bonds is 13. The summed E-state index contributed by atoms with van der Waals surface area (Å²) in [7, 11) is 0. The van der Waals surface area contributed by atoms with Crippen molar-refractivity contribution in [3.63, 3.8) is 0 Å². The lowest BCUT2D eigenvalue weighted by Crippen LogP contribution is -2.58. The third kappa shape index (κ3) is 6.65. The molecule has 4 aliphatic carbocycles. The Morgan fingerprint density at radius 2 is 1.70 bits per heavy atom. The minimum Gasteiger partial charge on any atom is -0.393 e. The van der Waals surface area contributed by atoms with Crippen molar-refractivity contribution in [3.8, 4) is 0 Å². The van der Waals surface area contributed by atoms with Crippen LogP contribution in [0.2, 0.25) is 0 Å². The van der Waals surface area contributed by atoms with Crippen molar-refractivity contribution in [2.75, 3.05) is 13.1 Å². The molecular formula is C36H67N3O. The summed E-state index contributed by atoms with van der Waals surface area (Å²) in [6, 6.07) is 0. The molecule has 0 aromatic heterocycles. The molecule has 4 heteroatoms. The van der Waals surface area contributed by atoms with E-state index in [2.05, 4.69) is 65.7 Å².